The maximum atomic E-state index is 14.9. The van der Waals surface area contributed by atoms with E-state index in [1.807, 2.05) is 6.92 Å². The number of aromatic nitrogens is 3. The van der Waals surface area contributed by atoms with E-state index in [0.717, 1.165) is 21.9 Å². The highest BCUT2D eigenvalue weighted by molar-refractivity contribution is 7.89. The lowest BCUT2D eigenvalue weighted by Gasteiger charge is -2.19. The van der Waals surface area contributed by atoms with Crippen molar-refractivity contribution in [3.8, 4) is 5.69 Å². The van der Waals surface area contributed by atoms with Crippen LogP contribution in [0.4, 0.5) is 15.2 Å². The molecule has 2 aliphatic rings. The molecule has 9 rings (SSSR count). The van der Waals surface area contributed by atoms with Gasteiger partial charge >= 0.3 is 0 Å². The molecule has 0 spiro atoms. The summed E-state index contributed by atoms with van der Waals surface area (Å²) in [6, 6.07) is 22.6. The van der Waals surface area contributed by atoms with E-state index in [-0.39, 0.29) is 34.4 Å². The van der Waals surface area contributed by atoms with Crippen molar-refractivity contribution in [2.24, 2.45) is 0 Å². The Balaban J connectivity index is 0.000000172. The Hall–Kier alpha value is -5.27. The monoisotopic (exact) mass is 905 g/mol. The van der Waals surface area contributed by atoms with E-state index >= 15 is 0 Å². The Morgan fingerprint density at radius 1 is 0.700 bits per heavy atom. The summed E-state index contributed by atoms with van der Waals surface area (Å²) in [5.74, 6) is -1.36. The Labute approximate surface area is 358 Å². The molecule has 0 radical (unpaired) electrons. The molecule has 19 heteroatoms. The quantitative estimate of drug-likeness (QED) is 0.153. The topological polar surface area (TPSA) is 164 Å². The molecule has 2 fully saturated rings. The van der Waals surface area contributed by atoms with Gasteiger partial charge in [-0.25, -0.2) is 31.2 Å². The van der Waals surface area contributed by atoms with Gasteiger partial charge in [0.15, 0.2) is 5.13 Å². The number of aryl methyl sites for hydroxylation is 1. The zero-order chi connectivity index (χ0) is 42.3. The molecule has 4 heterocycles. The molecule has 13 nitrogen and oxygen atoms in total. The number of sulfonamides is 2. The maximum absolute atomic E-state index is 14.9. The zero-order valence-corrected chi connectivity index (χ0v) is 35.5. The predicted octanol–water partition coefficient (Wildman–Crippen LogP) is 7.24. The first-order valence-electron chi connectivity index (χ1n) is 18.4. The SMILES string of the molecule is Cc1cn(-c2ccc(N3CC[C@H](NS(=O)(=O)c4ccc5cc(Cl)ccc5c4)C3=O)c(F)c2)cn1.O=C1[C@@H](NS(=O)(=O)c2ccc3cc(Cl)ccc3c2)CCN1c1nccs1. The molecule has 2 aromatic heterocycles. The van der Waals surface area contributed by atoms with Crippen molar-refractivity contribution in [3.63, 3.8) is 0 Å². The van der Waals surface area contributed by atoms with Crippen molar-refractivity contribution in [3.05, 3.63) is 137 Å². The second-order valence-corrected chi connectivity index (χ2v) is 19.3. The summed E-state index contributed by atoms with van der Waals surface area (Å²) in [6.45, 7) is 2.47. The number of anilines is 2. The lowest BCUT2D eigenvalue weighted by molar-refractivity contribution is -0.119. The van der Waals surface area contributed by atoms with Gasteiger partial charge in [0.05, 0.1) is 27.5 Å². The number of thiazole rings is 1. The molecule has 0 bridgehead atoms. The summed E-state index contributed by atoms with van der Waals surface area (Å²) in [7, 11) is -7.79. The number of rotatable bonds is 9. The molecule has 2 N–H and O–H groups in total. The number of fused-ring (bicyclic) bond motifs is 2. The number of nitrogens with zero attached hydrogens (tertiary/aromatic N) is 5. The molecule has 60 heavy (non-hydrogen) atoms. The number of nitrogens with one attached hydrogen (secondary N) is 2. The molecular weight excluding hydrogens is 873 g/mol. The van der Waals surface area contributed by atoms with Crippen LogP contribution in [0, 0.1) is 12.7 Å². The number of hydrogen-bond donors (Lipinski definition) is 2. The second kappa shape index (κ2) is 16.6. The third kappa shape index (κ3) is 8.65. The highest BCUT2D eigenvalue weighted by atomic mass is 35.5. The van der Waals surface area contributed by atoms with E-state index in [1.165, 1.54) is 51.5 Å². The number of halogens is 3. The third-order valence-electron chi connectivity index (χ3n) is 10.1. The number of benzene rings is 5. The molecule has 2 amide bonds. The molecule has 2 atom stereocenters. The van der Waals surface area contributed by atoms with Crippen molar-refractivity contribution in [2.75, 3.05) is 22.9 Å². The van der Waals surface area contributed by atoms with Crippen molar-refractivity contribution < 1.29 is 30.8 Å². The van der Waals surface area contributed by atoms with Gasteiger partial charge in [-0.15, -0.1) is 11.3 Å². The number of imidazole rings is 1. The van der Waals surface area contributed by atoms with Crippen LogP contribution in [-0.4, -0.2) is 68.4 Å². The maximum Gasteiger partial charge on any atom is 0.247 e. The standard InChI is InChI=1S/C24H20ClFN4O3S.C17H14ClN3O3S2/c1-15-13-29(14-27-15)19-5-7-23(21(26)12-19)30-9-8-22(24(30)31)28-34(32,33)20-6-3-16-10-18(25)4-2-17(16)11-20;18-13-3-1-12-10-14(4-2-11(12)9-13)26(23,24)20-15-5-7-21(16(15)22)17-19-6-8-25-17/h2-7,10-14,22,28H,8-9H2,1H3;1-4,6,8-10,15,20H,5,7H2/t22-;15-/m00/s1. The van der Waals surface area contributed by atoms with E-state index in [0.29, 0.717) is 39.2 Å². The van der Waals surface area contributed by atoms with Gasteiger partial charge in [0, 0.05) is 52.7 Å². The summed E-state index contributed by atoms with van der Waals surface area (Å²) in [5, 5.41) is 6.63. The first-order valence-corrected chi connectivity index (χ1v) is 23.0. The van der Waals surface area contributed by atoms with E-state index in [4.69, 9.17) is 23.2 Å². The highest BCUT2D eigenvalue weighted by Gasteiger charge is 2.38. The van der Waals surface area contributed by atoms with Gasteiger partial charge in [-0.2, -0.15) is 9.44 Å². The average Bonchev–Trinajstić information content (AvgIpc) is 4.04. The van der Waals surface area contributed by atoms with Crippen LogP contribution < -0.4 is 19.2 Å². The van der Waals surface area contributed by atoms with Crippen LogP contribution in [0.2, 0.25) is 10.0 Å². The Morgan fingerprint density at radius 3 is 1.75 bits per heavy atom. The highest BCUT2D eigenvalue weighted by Crippen LogP contribution is 2.30. The average molecular weight is 907 g/mol. The fraction of sp³-hybridized carbons (Fsp3) is 0.171. The largest absolute Gasteiger partial charge is 0.308 e. The first-order chi connectivity index (χ1) is 28.6. The Morgan fingerprint density at radius 2 is 1.23 bits per heavy atom. The van der Waals surface area contributed by atoms with Crippen molar-refractivity contribution in [2.45, 2.75) is 41.6 Å². The summed E-state index contributed by atoms with van der Waals surface area (Å²) in [6.07, 6.45) is 5.59. The van der Waals surface area contributed by atoms with Gasteiger partial charge < -0.3 is 9.47 Å². The molecule has 0 saturated carbocycles. The van der Waals surface area contributed by atoms with E-state index in [2.05, 4.69) is 19.4 Å². The summed E-state index contributed by atoms with van der Waals surface area (Å²) in [5.41, 5.74) is 1.47. The van der Waals surface area contributed by atoms with Crippen LogP contribution in [0.15, 0.2) is 125 Å². The van der Waals surface area contributed by atoms with Crippen LogP contribution >= 0.6 is 34.5 Å². The smallest absolute Gasteiger partial charge is 0.247 e. The van der Waals surface area contributed by atoms with Crippen LogP contribution in [0.25, 0.3) is 27.2 Å². The summed E-state index contributed by atoms with van der Waals surface area (Å²) in [4.78, 5) is 36.7. The van der Waals surface area contributed by atoms with E-state index < -0.39 is 43.9 Å². The van der Waals surface area contributed by atoms with Gasteiger partial charge in [-0.1, -0.05) is 47.5 Å². The molecule has 2 aliphatic heterocycles. The van der Waals surface area contributed by atoms with Gasteiger partial charge in [-0.3, -0.25) is 14.5 Å². The van der Waals surface area contributed by atoms with Gasteiger partial charge in [0.2, 0.25) is 31.9 Å². The lowest BCUT2D eigenvalue weighted by atomic mass is 10.1. The fourth-order valence-corrected chi connectivity index (χ4v) is 10.6. The molecule has 7 aromatic rings. The third-order valence-corrected chi connectivity index (χ3v) is 14.3. The van der Waals surface area contributed by atoms with E-state index in [1.54, 1.807) is 89.3 Å². The Bertz CT molecular complexity index is 3020. The molecule has 0 aliphatic carbocycles. The first kappa shape index (κ1) is 41.5. The molecule has 0 unspecified atom stereocenters. The van der Waals surface area contributed by atoms with Gasteiger partial charge in [0.25, 0.3) is 0 Å². The number of carbonyl (C=O) groups excluding carboxylic acids is 2. The lowest BCUT2D eigenvalue weighted by Crippen LogP contribution is -2.41. The minimum atomic E-state index is -3.97. The second-order valence-electron chi connectivity index (χ2n) is 14.1. The predicted molar refractivity (Wildman–Crippen MR) is 230 cm³/mol. The normalized spacial score (nSPS) is 17.1. The molecule has 2 saturated heterocycles. The zero-order valence-electron chi connectivity index (χ0n) is 31.5. The van der Waals surface area contributed by atoms with Crippen molar-refractivity contribution in [1.29, 1.82) is 0 Å². The van der Waals surface area contributed by atoms with Crippen LogP contribution in [-0.2, 0) is 29.6 Å². The summed E-state index contributed by atoms with van der Waals surface area (Å²) >= 11 is 13.3. The Kier molecular flexibility index (Phi) is 11.5. The van der Waals surface area contributed by atoms with Crippen molar-refractivity contribution >= 4 is 98.8 Å². The number of hydrogen-bond acceptors (Lipinski definition) is 9. The van der Waals surface area contributed by atoms with E-state index in [9.17, 15) is 30.8 Å². The summed E-state index contributed by atoms with van der Waals surface area (Å²) < 4.78 is 72.9. The van der Waals surface area contributed by atoms with Crippen LogP contribution in [0.3, 0.4) is 0 Å². The van der Waals surface area contributed by atoms with Gasteiger partial charge in [-0.05, 0) is 102 Å². The minimum absolute atomic E-state index is 0.0414. The number of carbonyl (C=O) groups is 2. The molecule has 308 valence electrons. The minimum Gasteiger partial charge on any atom is -0.308 e. The number of amides is 2. The van der Waals surface area contributed by atoms with Crippen molar-refractivity contribution in [1.82, 2.24) is 24.0 Å². The fourth-order valence-electron chi connectivity index (χ4n) is 7.03. The molecular formula is C41H34Cl2FN7O6S3. The molecule has 5 aromatic carbocycles. The van der Waals surface area contributed by atoms with Gasteiger partial charge in [0.1, 0.15) is 17.9 Å². The van der Waals surface area contributed by atoms with Crippen LogP contribution in [0.1, 0.15) is 18.5 Å². The van der Waals surface area contributed by atoms with Crippen LogP contribution in [0.5, 0.6) is 0 Å².